The zero-order valence-corrected chi connectivity index (χ0v) is 10.7. The third-order valence-corrected chi connectivity index (χ3v) is 3.90. The molecule has 2 fully saturated rings. The summed E-state index contributed by atoms with van der Waals surface area (Å²) in [5.41, 5.74) is 0. The maximum atomic E-state index is 11.7. The van der Waals surface area contributed by atoms with Crippen molar-refractivity contribution in [3.8, 4) is 0 Å². The Balaban J connectivity index is 1.66. The van der Waals surface area contributed by atoms with Crippen molar-refractivity contribution in [2.45, 2.75) is 57.6 Å². The van der Waals surface area contributed by atoms with Gasteiger partial charge in [0.2, 0.25) is 0 Å². The molecule has 1 amide bonds. The third-order valence-electron chi connectivity index (χ3n) is 3.90. The van der Waals surface area contributed by atoms with Crippen LogP contribution in [0.3, 0.4) is 0 Å². The van der Waals surface area contributed by atoms with E-state index in [-0.39, 0.29) is 12.2 Å². The summed E-state index contributed by atoms with van der Waals surface area (Å²) in [4.78, 5) is 11.7. The van der Waals surface area contributed by atoms with Gasteiger partial charge in [-0.1, -0.05) is 6.92 Å². The summed E-state index contributed by atoms with van der Waals surface area (Å²) in [5, 5.41) is 6.27. The molecule has 1 heterocycles. The van der Waals surface area contributed by atoms with Gasteiger partial charge in [0, 0.05) is 6.04 Å². The van der Waals surface area contributed by atoms with Crippen molar-refractivity contribution in [2.75, 3.05) is 13.1 Å². The molecule has 1 aliphatic carbocycles. The fourth-order valence-electron chi connectivity index (χ4n) is 2.67. The number of hydrogen-bond donors (Lipinski definition) is 2. The van der Waals surface area contributed by atoms with Crippen LogP contribution in [0.5, 0.6) is 0 Å². The lowest BCUT2D eigenvalue weighted by Crippen LogP contribution is -2.41. The summed E-state index contributed by atoms with van der Waals surface area (Å²) >= 11 is 0. The lowest BCUT2D eigenvalue weighted by Gasteiger charge is -2.28. The fraction of sp³-hybridized carbons (Fsp3) is 0.923. The second-order valence-corrected chi connectivity index (χ2v) is 5.46. The number of carbonyl (C=O) groups is 1. The first-order chi connectivity index (χ1) is 8.24. The highest BCUT2D eigenvalue weighted by atomic mass is 16.6. The van der Waals surface area contributed by atoms with E-state index in [4.69, 9.17) is 4.74 Å². The van der Waals surface area contributed by atoms with Gasteiger partial charge in [-0.25, -0.2) is 4.79 Å². The van der Waals surface area contributed by atoms with Gasteiger partial charge in [0.1, 0.15) is 6.10 Å². The first-order valence-corrected chi connectivity index (χ1v) is 6.92. The van der Waals surface area contributed by atoms with E-state index in [2.05, 4.69) is 17.6 Å². The molecule has 0 radical (unpaired) electrons. The third kappa shape index (κ3) is 4.19. The van der Waals surface area contributed by atoms with Crippen LogP contribution in [0.1, 0.15) is 45.4 Å². The van der Waals surface area contributed by atoms with Crippen molar-refractivity contribution in [3.63, 3.8) is 0 Å². The number of amides is 1. The molecular weight excluding hydrogens is 216 g/mol. The summed E-state index contributed by atoms with van der Waals surface area (Å²) in [6.07, 6.45) is 6.42. The van der Waals surface area contributed by atoms with Crippen LogP contribution < -0.4 is 10.6 Å². The molecule has 17 heavy (non-hydrogen) atoms. The molecule has 1 saturated heterocycles. The average molecular weight is 240 g/mol. The molecule has 0 aromatic rings. The van der Waals surface area contributed by atoms with Gasteiger partial charge >= 0.3 is 6.09 Å². The smallest absolute Gasteiger partial charge is 0.407 e. The summed E-state index contributed by atoms with van der Waals surface area (Å²) < 4.78 is 5.43. The zero-order valence-electron chi connectivity index (χ0n) is 10.7. The number of piperidine rings is 1. The van der Waals surface area contributed by atoms with Crippen LogP contribution in [0.4, 0.5) is 4.79 Å². The maximum Gasteiger partial charge on any atom is 0.407 e. The van der Waals surface area contributed by atoms with Crippen LogP contribution in [-0.2, 0) is 4.74 Å². The van der Waals surface area contributed by atoms with Crippen molar-refractivity contribution in [2.24, 2.45) is 5.92 Å². The second kappa shape index (κ2) is 6.24. The van der Waals surface area contributed by atoms with Gasteiger partial charge in [0.05, 0.1) is 0 Å². The van der Waals surface area contributed by atoms with E-state index in [1.165, 1.54) is 12.8 Å². The predicted octanol–water partition coefficient (Wildman–Crippen LogP) is 2.04. The van der Waals surface area contributed by atoms with E-state index >= 15 is 0 Å². The number of carbonyl (C=O) groups excluding carboxylic acids is 1. The highest BCUT2D eigenvalue weighted by Gasteiger charge is 2.22. The highest BCUT2D eigenvalue weighted by Crippen LogP contribution is 2.23. The highest BCUT2D eigenvalue weighted by molar-refractivity contribution is 5.67. The molecule has 2 rings (SSSR count). The Hall–Kier alpha value is -0.770. The van der Waals surface area contributed by atoms with Crippen LogP contribution >= 0.6 is 0 Å². The monoisotopic (exact) mass is 240 g/mol. The number of ether oxygens (including phenoxy) is 1. The Labute approximate surface area is 103 Å². The molecule has 0 aromatic heterocycles. The molecule has 1 aliphatic heterocycles. The molecule has 98 valence electrons. The molecule has 0 atom stereocenters. The van der Waals surface area contributed by atoms with Gasteiger partial charge in [0.25, 0.3) is 0 Å². The summed E-state index contributed by atoms with van der Waals surface area (Å²) in [5.74, 6) is 0.813. The van der Waals surface area contributed by atoms with Gasteiger partial charge in [-0.3, -0.25) is 0 Å². The van der Waals surface area contributed by atoms with Crippen LogP contribution in [0.25, 0.3) is 0 Å². The van der Waals surface area contributed by atoms with Gasteiger partial charge in [-0.05, 0) is 57.5 Å². The Morgan fingerprint density at radius 3 is 2.41 bits per heavy atom. The standard InChI is InChI=1S/C13H24N2O2/c1-10-2-4-11(5-3-10)15-13(16)17-12-6-8-14-9-7-12/h10-12,14H,2-9H2,1H3,(H,15,16). The van der Waals surface area contributed by atoms with Gasteiger partial charge < -0.3 is 15.4 Å². The van der Waals surface area contributed by atoms with Gasteiger partial charge in [0.15, 0.2) is 0 Å². The average Bonchev–Trinajstić information content (AvgIpc) is 2.33. The fourth-order valence-corrected chi connectivity index (χ4v) is 2.67. The molecule has 0 unspecified atom stereocenters. The number of hydrogen-bond acceptors (Lipinski definition) is 3. The zero-order chi connectivity index (χ0) is 12.1. The minimum absolute atomic E-state index is 0.110. The molecular formula is C13H24N2O2. The van der Waals surface area contributed by atoms with Crippen molar-refractivity contribution in [3.05, 3.63) is 0 Å². The molecule has 1 saturated carbocycles. The Morgan fingerprint density at radius 1 is 1.12 bits per heavy atom. The van der Waals surface area contributed by atoms with E-state index in [1.54, 1.807) is 0 Å². The van der Waals surface area contributed by atoms with Crippen molar-refractivity contribution in [1.29, 1.82) is 0 Å². The van der Waals surface area contributed by atoms with Gasteiger partial charge in [-0.15, -0.1) is 0 Å². The molecule has 4 nitrogen and oxygen atoms in total. The van der Waals surface area contributed by atoms with Crippen LogP contribution in [0, 0.1) is 5.92 Å². The Bertz CT molecular complexity index is 244. The maximum absolute atomic E-state index is 11.7. The minimum atomic E-state index is -0.212. The first-order valence-electron chi connectivity index (χ1n) is 6.92. The second-order valence-electron chi connectivity index (χ2n) is 5.46. The van der Waals surface area contributed by atoms with Crippen LogP contribution in [-0.4, -0.2) is 31.3 Å². The van der Waals surface area contributed by atoms with Gasteiger partial charge in [-0.2, -0.15) is 0 Å². The lowest BCUT2D eigenvalue weighted by molar-refractivity contribution is 0.0748. The summed E-state index contributed by atoms with van der Waals surface area (Å²) in [7, 11) is 0. The molecule has 4 heteroatoms. The van der Waals surface area contributed by atoms with Crippen molar-refractivity contribution in [1.82, 2.24) is 10.6 Å². The molecule has 0 aromatic carbocycles. The van der Waals surface area contributed by atoms with Crippen LogP contribution in [0.15, 0.2) is 0 Å². The van der Waals surface area contributed by atoms with Crippen molar-refractivity contribution >= 4 is 6.09 Å². The summed E-state index contributed by atoms with van der Waals surface area (Å²) in [6.45, 7) is 4.20. The van der Waals surface area contributed by atoms with E-state index in [1.807, 2.05) is 0 Å². The molecule has 0 spiro atoms. The summed E-state index contributed by atoms with van der Waals surface area (Å²) in [6, 6.07) is 0.334. The largest absolute Gasteiger partial charge is 0.446 e. The topological polar surface area (TPSA) is 50.4 Å². The van der Waals surface area contributed by atoms with Crippen molar-refractivity contribution < 1.29 is 9.53 Å². The number of alkyl carbamates (subject to hydrolysis) is 1. The quantitative estimate of drug-likeness (QED) is 0.776. The number of rotatable bonds is 2. The Kier molecular flexibility index (Phi) is 4.66. The SMILES string of the molecule is CC1CCC(NC(=O)OC2CCNCC2)CC1. The van der Waals surface area contributed by atoms with E-state index < -0.39 is 0 Å². The predicted molar refractivity (Wildman–Crippen MR) is 66.9 cm³/mol. The molecule has 2 N–H and O–H groups in total. The lowest BCUT2D eigenvalue weighted by atomic mass is 9.87. The molecule has 2 aliphatic rings. The Morgan fingerprint density at radius 2 is 1.76 bits per heavy atom. The van der Waals surface area contributed by atoms with E-state index in [9.17, 15) is 4.79 Å². The van der Waals surface area contributed by atoms with Crippen LogP contribution in [0.2, 0.25) is 0 Å². The molecule has 0 bridgehead atoms. The van der Waals surface area contributed by atoms with E-state index in [0.29, 0.717) is 6.04 Å². The number of nitrogens with one attached hydrogen (secondary N) is 2. The van der Waals surface area contributed by atoms with E-state index in [0.717, 1.165) is 44.7 Å². The first kappa shape index (κ1) is 12.7. The normalized spacial score (nSPS) is 30.9. The minimum Gasteiger partial charge on any atom is -0.446 e.